The van der Waals surface area contributed by atoms with Gasteiger partial charge in [-0.05, 0) is 140 Å². The lowest BCUT2D eigenvalue weighted by molar-refractivity contribution is 0.332. The summed E-state index contributed by atoms with van der Waals surface area (Å²) >= 11 is 1.93. The molecule has 9 aromatic rings. The molecule has 2 nitrogen and oxygen atoms in total. The number of aromatic nitrogens is 1. The highest BCUT2D eigenvalue weighted by molar-refractivity contribution is 7.26. The Morgan fingerprint density at radius 2 is 1.28 bits per heavy atom. The van der Waals surface area contributed by atoms with Crippen LogP contribution < -0.4 is 15.7 Å². The maximum Gasteiger partial charge on any atom is 0.333 e. The summed E-state index contributed by atoms with van der Waals surface area (Å²) in [5, 5.41) is 8.03. The van der Waals surface area contributed by atoms with Gasteiger partial charge in [0, 0.05) is 53.3 Å². The molecule has 7 aromatic carbocycles. The van der Waals surface area contributed by atoms with E-state index in [9.17, 15) is 0 Å². The lowest BCUT2D eigenvalue weighted by atomic mass is 9.43. The van der Waals surface area contributed by atoms with Crippen LogP contribution in [-0.4, -0.2) is 11.4 Å². The van der Waals surface area contributed by atoms with Crippen LogP contribution in [0, 0.1) is 6.92 Å². The largest absolute Gasteiger partial charge is 0.376 e. The SMILES string of the molecule is Cc1cc2c(cc1N1B3c4c(cc5ccccc5c4-n4c5ccc(C(C)(C)C)cc5c5cc(C(C)(C)C)cc3c54)-c3c1ccc1sc4ccccc4c31)C(C)(C)CCC2(C)C. The molecule has 0 fully saturated rings. The molecule has 3 aliphatic rings. The topological polar surface area (TPSA) is 8.17 Å². The molecule has 2 aliphatic heterocycles. The molecule has 61 heavy (non-hydrogen) atoms. The molecule has 12 rings (SSSR count). The third kappa shape index (κ3) is 5.03. The Morgan fingerprint density at radius 3 is 2.02 bits per heavy atom. The van der Waals surface area contributed by atoms with Crippen molar-refractivity contribution in [2.24, 2.45) is 0 Å². The molecule has 4 heterocycles. The first-order valence-corrected chi connectivity index (χ1v) is 23.3. The Balaban J connectivity index is 1.32. The van der Waals surface area contributed by atoms with Crippen LogP contribution in [0.25, 0.3) is 69.6 Å². The number of aryl methyl sites for hydroxylation is 1. The van der Waals surface area contributed by atoms with Gasteiger partial charge in [0.25, 0.3) is 0 Å². The summed E-state index contributed by atoms with van der Waals surface area (Å²) in [6.07, 6.45) is 2.38. The van der Waals surface area contributed by atoms with Crippen LogP contribution in [0.1, 0.15) is 110 Å². The minimum atomic E-state index is -0.0518. The number of benzene rings is 7. The van der Waals surface area contributed by atoms with Crippen LogP contribution in [0.4, 0.5) is 11.4 Å². The normalized spacial score (nSPS) is 16.5. The van der Waals surface area contributed by atoms with Gasteiger partial charge in [-0.3, -0.25) is 0 Å². The van der Waals surface area contributed by atoms with E-state index in [0.717, 1.165) is 0 Å². The van der Waals surface area contributed by atoms with Crippen molar-refractivity contribution in [2.75, 3.05) is 4.81 Å². The number of nitrogens with zero attached hydrogens (tertiary/aromatic N) is 2. The zero-order chi connectivity index (χ0) is 42.3. The Morgan fingerprint density at radius 1 is 0.607 bits per heavy atom. The summed E-state index contributed by atoms with van der Waals surface area (Å²) in [5.41, 5.74) is 19.5. The van der Waals surface area contributed by atoms with Crippen LogP contribution in [0.5, 0.6) is 0 Å². The molecule has 0 saturated carbocycles. The fraction of sp³-hybridized carbons (Fsp3) is 0.298. The molecular weight excluding hydrogens is 756 g/mol. The predicted octanol–water partition coefficient (Wildman–Crippen LogP) is 14.8. The average Bonchev–Trinajstić information content (AvgIpc) is 3.76. The van der Waals surface area contributed by atoms with Crippen molar-refractivity contribution in [3.8, 4) is 16.8 Å². The molecule has 0 atom stereocenters. The van der Waals surface area contributed by atoms with E-state index < -0.39 is 0 Å². The standard InChI is InChI=1S/C57H55BN2S/c1-32-26-41-42(57(10,11)25-24-56(41,8)9)31-46(32)60-45-22-23-48-50(37-18-14-15-19-47(37)61-48)49(45)40-27-33-16-12-13-17-36(33)53-51(40)58(60)43-30-35(55(5,6)7)29-39-38-28-34(54(2,3)4)20-21-44(38)59(53)52(39)43/h12-23,26-31H,24-25H2,1-11H3. The van der Waals surface area contributed by atoms with Gasteiger partial charge in [0.05, 0.1) is 16.7 Å². The third-order valence-electron chi connectivity index (χ3n) is 15.2. The van der Waals surface area contributed by atoms with Gasteiger partial charge in [-0.15, -0.1) is 11.3 Å². The Hall–Kier alpha value is -5.32. The molecule has 0 amide bonds. The molecule has 0 bridgehead atoms. The van der Waals surface area contributed by atoms with Gasteiger partial charge in [-0.1, -0.05) is 130 Å². The lowest BCUT2D eigenvalue weighted by Crippen LogP contribution is -2.61. The van der Waals surface area contributed by atoms with E-state index in [1.807, 2.05) is 11.3 Å². The lowest BCUT2D eigenvalue weighted by Gasteiger charge is -2.46. The monoisotopic (exact) mass is 810 g/mol. The predicted molar refractivity (Wildman–Crippen MR) is 268 cm³/mol. The van der Waals surface area contributed by atoms with Gasteiger partial charge in [-0.2, -0.15) is 0 Å². The van der Waals surface area contributed by atoms with E-state index >= 15 is 0 Å². The molecule has 302 valence electrons. The summed E-state index contributed by atoms with van der Waals surface area (Å²) in [4.78, 5) is 2.82. The molecule has 0 saturated heterocycles. The number of anilines is 2. The number of fused-ring (bicyclic) bond motifs is 14. The first-order chi connectivity index (χ1) is 28.9. The van der Waals surface area contributed by atoms with Crippen LogP contribution in [0.3, 0.4) is 0 Å². The van der Waals surface area contributed by atoms with E-state index in [1.165, 1.54) is 133 Å². The fourth-order valence-corrected chi connectivity index (χ4v) is 12.8. The minimum Gasteiger partial charge on any atom is -0.376 e. The van der Waals surface area contributed by atoms with E-state index in [0.29, 0.717) is 0 Å². The summed E-state index contributed by atoms with van der Waals surface area (Å²) in [5.74, 6) is 0. The van der Waals surface area contributed by atoms with Crippen molar-refractivity contribution in [1.29, 1.82) is 0 Å². The molecule has 0 N–H and O–H groups in total. The van der Waals surface area contributed by atoms with Gasteiger partial charge < -0.3 is 9.38 Å². The zero-order valence-corrected chi connectivity index (χ0v) is 38.5. The minimum absolute atomic E-state index is 0.0237. The van der Waals surface area contributed by atoms with Gasteiger partial charge in [0.2, 0.25) is 0 Å². The summed E-state index contributed by atoms with van der Waals surface area (Å²) in [6.45, 7) is 26.4. The van der Waals surface area contributed by atoms with E-state index in [-0.39, 0.29) is 28.5 Å². The average molecular weight is 811 g/mol. The van der Waals surface area contributed by atoms with Crippen molar-refractivity contribution in [3.63, 3.8) is 0 Å². The van der Waals surface area contributed by atoms with Crippen molar-refractivity contribution in [2.45, 2.75) is 111 Å². The Kier molecular flexibility index (Phi) is 7.36. The second kappa shape index (κ2) is 12.0. The maximum absolute atomic E-state index is 2.82. The maximum atomic E-state index is 2.82. The highest BCUT2D eigenvalue weighted by Gasteiger charge is 2.47. The highest BCUT2D eigenvalue weighted by Crippen LogP contribution is 2.54. The summed E-state index contributed by atoms with van der Waals surface area (Å²) in [6, 6.07) is 43.4. The number of hydrogen-bond donors (Lipinski definition) is 0. The van der Waals surface area contributed by atoms with E-state index in [4.69, 9.17) is 0 Å². The van der Waals surface area contributed by atoms with Crippen LogP contribution in [-0.2, 0) is 21.7 Å². The molecule has 0 unspecified atom stereocenters. The molecule has 0 spiro atoms. The van der Waals surface area contributed by atoms with E-state index in [1.54, 1.807) is 0 Å². The number of thiophene rings is 1. The van der Waals surface area contributed by atoms with Crippen LogP contribution in [0.15, 0.2) is 109 Å². The van der Waals surface area contributed by atoms with Crippen LogP contribution >= 0.6 is 11.3 Å². The highest BCUT2D eigenvalue weighted by atomic mass is 32.1. The Labute approximate surface area is 365 Å². The van der Waals surface area contributed by atoms with Crippen molar-refractivity contribution in [3.05, 3.63) is 137 Å². The second-order valence-corrected chi connectivity index (χ2v) is 23.2. The summed E-state index contributed by atoms with van der Waals surface area (Å²) in [7, 11) is 0. The smallest absolute Gasteiger partial charge is 0.333 e. The molecule has 1 aliphatic carbocycles. The fourth-order valence-electron chi connectivity index (χ4n) is 11.7. The van der Waals surface area contributed by atoms with Crippen molar-refractivity contribution in [1.82, 2.24) is 4.57 Å². The first kappa shape index (κ1) is 37.4. The first-order valence-electron chi connectivity index (χ1n) is 22.5. The molecule has 0 radical (unpaired) electrons. The van der Waals surface area contributed by atoms with Gasteiger partial charge in [-0.25, -0.2) is 0 Å². The van der Waals surface area contributed by atoms with Gasteiger partial charge >= 0.3 is 6.85 Å². The van der Waals surface area contributed by atoms with Gasteiger partial charge in [0.1, 0.15) is 0 Å². The zero-order valence-electron chi connectivity index (χ0n) is 37.7. The molecule has 4 heteroatoms. The van der Waals surface area contributed by atoms with Crippen LogP contribution in [0.2, 0.25) is 0 Å². The molecular formula is C57H55BN2S. The second-order valence-electron chi connectivity index (χ2n) is 22.1. The van der Waals surface area contributed by atoms with Gasteiger partial charge in [0.15, 0.2) is 0 Å². The molecule has 2 aromatic heterocycles. The van der Waals surface area contributed by atoms with E-state index in [2.05, 4.69) is 195 Å². The van der Waals surface area contributed by atoms with Crippen molar-refractivity contribution >= 4 is 93.2 Å². The summed E-state index contributed by atoms with van der Waals surface area (Å²) < 4.78 is 5.38. The quantitative estimate of drug-likeness (QED) is 0.150. The van der Waals surface area contributed by atoms with Crippen molar-refractivity contribution < 1.29 is 0 Å². The number of rotatable bonds is 1. The number of hydrogen-bond acceptors (Lipinski definition) is 2. The third-order valence-corrected chi connectivity index (χ3v) is 16.3. The Bertz CT molecular complexity index is 3410.